The predicted molar refractivity (Wildman–Crippen MR) is 64.0 cm³/mol. The zero-order valence-electron chi connectivity index (χ0n) is 10.5. The lowest BCUT2D eigenvalue weighted by atomic mass is 10.1. The number of amides is 1. The van der Waals surface area contributed by atoms with Crippen molar-refractivity contribution in [3.05, 3.63) is 35.1 Å². The molecule has 104 valence electrons. The Hall–Kier alpha value is -1.56. The lowest BCUT2D eigenvalue weighted by Crippen LogP contribution is -2.43. The van der Waals surface area contributed by atoms with Crippen molar-refractivity contribution >= 4 is 5.91 Å². The monoisotopic (exact) mass is 272 g/mol. The number of hydrogen-bond donors (Lipinski definition) is 1. The molecule has 2 rings (SSSR count). The fourth-order valence-corrected chi connectivity index (χ4v) is 2.18. The van der Waals surface area contributed by atoms with E-state index in [-0.39, 0.29) is 11.6 Å². The van der Waals surface area contributed by atoms with Gasteiger partial charge in [0.25, 0.3) is 5.91 Å². The van der Waals surface area contributed by atoms with Gasteiger partial charge in [-0.1, -0.05) is 0 Å². The molecule has 0 aliphatic heterocycles. The van der Waals surface area contributed by atoms with Crippen LogP contribution in [0.5, 0.6) is 0 Å². The molecule has 1 aliphatic carbocycles. The molecule has 6 heteroatoms. The molecular weight excluding hydrogens is 257 g/mol. The van der Waals surface area contributed by atoms with Crippen molar-refractivity contribution in [1.29, 1.82) is 0 Å². The van der Waals surface area contributed by atoms with Crippen LogP contribution in [0.4, 0.5) is 13.2 Å². The molecule has 0 spiro atoms. The highest BCUT2D eigenvalue weighted by Gasteiger charge is 2.35. The maximum atomic E-state index is 13.1. The molecule has 1 unspecified atom stereocenters. The molecule has 1 saturated carbocycles. The number of nitrogens with zero attached hydrogens (tertiary/aromatic N) is 1. The third-order valence-electron chi connectivity index (χ3n) is 3.46. The molecule has 1 aromatic rings. The summed E-state index contributed by atoms with van der Waals surface area (Å²) in [5, 5.41) is 0. The predicted octanol–water partition coefficient (Wildman–Crippen LogP) is 1.91. The zero-order chi connectivity index (χ0) is 14.2. The van der Waals surface area contributed by atoms with Crippen LogP contribution in [0.25, 0.3) is 0 Å². The number of benzene rings is 1. The minimum Gasteiger partial charge on any atom is -0.337 e. The van der Waals surface area contributed by atoms with Crippen molar-refractivity contribution in [1.82, 2.24) is 4.90 Å². The quantitative estimate of drug-likeness (QED) is 0.851. The smallest absolute Gasteiger partial charge is 0.254 e. The third-order valence-corrected chi connectivity index (χ3v) is 3.46. The first-order valence-corrected chi connectivity index (χ1v) is 6.07. The van der Waals surface area contributed by atoms with Crippen LogP contribution in [0, 0.1) is 23.4 Å². The Morgan fingerprint density at radius 3 is 2.32 bits per heavy atom. The highest BCUT2D eigenvalue weighted by atomic mass is 19.2. The first kappa shape index (κ1) is 13.9. The van der Waals surface area contributed by atoms with Gasteiger partial charge in [0.1, 0.15) is 0 Å². The molecular formula is C13H15F3N2O. The summed E-state index contributed by atoms with van der Waals surface area (Å²) < 4.78 is 39.1. The second-order valence-electron chi connectivity index (χ2n) is 4.81. The highest BCUT2D eigenvalue weighted by molar-refractivity contribution is 5.94. The summed E-state index contributed by atoms with van der Waals surface area (Å²) in [5.41, 5.74) is 5.40. The Balaban J connectivity index is 2.23. The van der Waals surface area contributed by atoms with Gasteiger partial charge >= 0.3 is 0 Å². The van der Waals surface area contributed by atoms with Crippen LogP contribution in [0.2, 0.25) is 0 Å². The van der Waals surface area contributed by atoms with Gasteiger partial charge in [0.05, 0.1) is 0 Å². The standard InChI is InChI=1S/C13H15F3N2O/c1-18(11(6-17)7-2-3-7)13(19)8-4-9(14)12(16)10(15)5-8/h4-5,7,11H,2-3,6,17H2,1H3. The molecule has 3 nitrogen and oxygen atoms in total. The minimum absolute atomic E-state index is 0.149. The Bertz CT molecular complexity index is 480. The van der Waals surface area contributed by atoms with Crippen molar-refractivity contribution in [2.45, 2.75) is 18.9 Å². The summed E-state index contributed by atoms with van der Waals surface area (Å²) in [5.74, 6) is -4.52. The Morgan fingerprint density at radius 2 is 1.89 bits per heavy atom. The van der Waals surface area contributed by atoms with Crippen molar-refractivity contribution in [2.24, 2.45) is 11.7 Å². The largest absolute Gasteiger partial charge is 0.337 e. The zero-order valence-corrected chi connectivity index (χ0v) is 10.5. The molecule has 1 aliphatic rings. The van der Waals surface area contributed by atoms with Gasteiger partial charge in [-0.3, -0.25) is 4.79 Å². The van der Waals surface area contributed by atoms with Crippen LogP contribution in [0.15, 0.2) is 12.1 Å². The van der Waals surface area contributed by atoms with Crippen molar-refractivity contribution in [2.75, 3.05) is 13.6 Å². The molecule has 1 atom stereocenters. The molecule has 1 amide bonds. The molecule has 0 heterocycles. The number of carbonyl (C=O) groups is 1. The maximum absolute atomic E-state index is 13.1. The molecule has 0 aromatic heterocycles. The number of nitrogens with two attached hydrogens (primary N) is 1. The first-order chi connectivity index (χ1) is 8.95. The van der Waals surface area contributed by atoms with E-state index in [0.717, 1.165) is 12.8 Å². The summed E-state index contributed by atoms with van der Waals surface area (Å²) >= 11 is 0. The average molecular weight is 272 g/mol. The summed E-state index contributed by atoms with van der Waals surface area (Å²) in [6, 6.07) is 1.26. The van der Waals surface area contributed by atoms with E-state index in [1.165, 1.54) is 11.9 Å². The number of likely N-dealkylation sites (N-methyl/N-ethyl adjacent to an activating group) is 1. The van der Waals surface area contributed by atoms with Gasteiger partial charge in [-0.25, -0.2) is 13.2 Å². The molecule has 19 heavy (non-hydrogen) atoms. The Kier molecular flexibility index (Phi) is 3.80. The number of carbonyl (C=O) groups excluding carboxylic acids is 1. The van der Waals surface area contributed by atoms with E-state index in [1.54, 1.807) is 0 Å². The van der Waals surface area contributed by atoms with Crippen molar-refractivity contribution < 1.29 is 18.0 Å². The maximum Gasteiger partial charge on any atom is 0.254 e. The fourth-order valence-electron chi connectivity index (χ4n) is 2.18. The lowest BCUT2D eigenvalue weighted by Gasteiger charge is -2.27. The van der Waals surface area contributed by atoms with Crippen LogP contribution < -0.4 is 5.73 Å². The fraction of sp³-hybridized carbons (Fsp3) is 0.462. The Morgan fingerprint density at radius 1 is 1.37 bits per heavy atom. The van der Waals surface area contributed by atoms with Crippen LogP contribution >= 0.6 is 0 Å². The lowest BCUT2D eigenvalue weighted by molar-refractivity contribution is 0.0717. The second kappa shape index (κ2) is 5.21. The average Bonchev–Trinajstić information content (AvgIpc) is 3.19. The van der Waals surface area contributed by atoms with E-state index in [2.05, 4.69) is 0 Å². The van der Waals surface area contributed by atoms with Crippen LogP contribution in [-0.4, -0.2) is 30.4 Å². The van der Waals surface area contributed by atoms with Gasteiger partial charge in [0.2, 0.25) is 0 Å². The van der Waals surface area contributed by atoms with Gasteiger partial charge in [-0.2, -0.15) is 0 Å². The van der Waals surface area contributed by atoms with Crippen molar-refractivity contribution in [3.8, 4) is 0 Å². The second-order valence-corrected chi connectivity index (χ2v) is 4.81. The summed E-state index contributed by atoms with van der Waals surface area (Å²) in [6.07, 6.45) is 1.98. The van der Waals surface area contributed by atoms with Gasteiger partial charge in [0.15, 0.2) is 17.5 Å². The van der Waals surface area contributed by atoms with Crippen LogP contribution in [0.3, 0.4) is 0 Å². The number of rotatable bonds is 4. The van der Waals surface area contributed by atoms with E-state index in [1.807, 2.05) is 0 Å². The van der Waals surface area contributed by atoms with E-state index < -0.39 is 23.4 Å². The molecule has 1 fully saturated rings. The first-order valence-electron chi connectivity index (χ1n) is 6.07. The van der Waals surface area contributed by atoms with Crippen LogP contribution in [-0.2, 0) is 0 Å². The molecule has 1 aromatic carbocycles. The van der Waals surface area contributed by atoms with Gasteiger partial charge in [-0.05, 0) is 30.9 Å². The van der Waals surface area contributed by atoms with E-state index in [9.17, 15) is 18.0 Å². The van der Waals surface area contributed by atoms with E-state index in [4.69, 9.17) is 5.73 Å². The number of halogens is 3. The Labute approximate surface area is 109 Å². The van der Waals surface area contributed by atoms with E-state index >= 15 is 0 Å². The summed E-state index contributed by atoms with van der Waals surface area (Å²) in [7, 11) is 1.54. The van der Waals surface area contributed by atoms with Gasteiger partial charge in [0, 0.05) is 25.2 Å². The summed E-state index contributed by atoms with van der Waals surface area (Å²) in [6.45, 7) is 0.291. The summed E-state index contributed by atoms with van der Waals surface area (Å²) in [4.78, 5) is 13.5. The van der Waals surface area contributed by atoms with Crippen LogP contribution in [0.1, 0.15) is 23.2 Å². The molecule has 0 bridgehead atoms. The molecule has 0 saturated heterocycles. The van der Waals surface area contributed by atoms with Gasteiger partial charge < -0.3 is 10.6 Å². The highest BCUT2D eigenvalue weighted by Crippen LogP contribution is 2.35. The molecule has 0 radical (unpaired) electrons. The van der Waals surface area contributed by atoms with Gasteiger partial charge in [-0.15, -0.1) is 0 Å². The SMILES string of the molecule is CN(C(=O)c1cc(F)c(F)c(F)c1)C(CN)C1CC1. The van der Waals surface area contributed by atoms with E-state index in [0.29, 0.717) is 24.6 Å². The number of hydrogen-bond acceptors (Lipinski definition) is 2. The third kappa shape index (κ3) is 2.73. The topological polar surface area (TPSA) is 46.3 Å². The molecule has 2 N–H and O–H groups in total. The van der Waals surface area contributed by atoms with Crippen molar-refractivity contribution in [3.63, 3.8) is 0 Å². The normalized spacial score (nSPS) is 16.3. The minimum atomic E-state index is -1.57.